The van der Waals surface area contributed by atoms with Crippen LogP contribution in [0, 0.1) is 0 Å². The van der Waals surface area contributed by atoms with Crippen molar-refractivity contribution in [1.82, 2.24) is 14.7 Å². The number of carbonyl (C=O) groups is 1. The second-order valence-electron chi connectivity index (χ2n) is 7.83. The Balaban J connectivity index is 0.00000210. The summed E-state index contributed by atoms with van der Waals surface area (Å²) >= 11 is 0. The van der Waals surface area contributed by atoms with Gasteiger partial charge in [-0.3, -0.25) is 9.48 Å². The lowest BCUT2D eigenvalue weighted by atomic mass is 9.85. The van der Waals surface area contributed by atoms with Crippen molar-refractivity contribution in [3.8, 4) is 0 Å². The molecular weight excluding hydrogens is 360 g/mol. The van der Waals surface area contributed by atoms with Crippen LogP contribution in [0.15, 0.2) is 36.5 Å². The number of halogens is 1. The lowest BCUT2D eigenvalue weighted by molar-refractivity contribution is 0.0787. The number of aryl methyl sites for hydroxylation is 1. The summed E-state index contributed by atoms with van der Waals surface area (Å²) < 4.78 is 1.79. The van der Waals surface area contributed by atoms with E-state index in [1.807, 2.05) is 36.3 Å². The van der Waals surface area contributed by atoms with E-state index in [2.05, 4.69) is 17.2 Å². The molecule has 1 saturated carbocycles. The second-order valence-corrected chi connectivity index (χ2v) is 7.83. The van der Waals surface area contributed by atoms with Gasteiger partial charge in [-0.15, -0.1) is 12.4 Å². The minimum atomic E-state index is -0.0175. The number of carbonyl (C=O) groups excluding carboxylic acids is 1. The molecule has 2 fully saturated rings. The highest BCUT2D eigenvalue weighted by Crippen LogP contribution is 2.35. The van der Waals surface area contributed by atoms with Crippen LogP contribution in [0.4, 0.5) is 0 Å². The number of benzene rings is 1. The molecule has 1 amide bonds. The molecule has 1 aliphatic heterocycles. The van der Waals surface area contributed by atoms with E-state index in [1.54, 1.807) is 4.68 Å². The van der Waals surface area contributed by atoms with Crippen molar-refractivity contribution in [3.05, 3.63) is 53.3 Å². The quantitative estimate of drug-likeness (QED) is 0.875. The molecule has 0 radical (unpaired) electrons. The van der Waals surface area contributed by atoms with E-state index < -0.39 is 0 Å². The predicted octanol–water partition coefficient (Wildman–Crippen LogP) is 3.46. The maximum atomic E-state index is 13.3. The van der Waals surface area contributed by atoms with Crippen molar-refractivity contribution in [2.45, 2.75) is 50.0 Å². The molecule has 6 heteroatoms. The van der Waals surface area contributed by atoms with Gasteiger partial charge in [0.15, 0.2) is 0 Å². The summed E-state index contributed by atoms with van der Waals surface area (Å²) in [6.07, 6.45) is 7.95. The summed E-state index contributed by atoms with van der Waals surface area (Å²) in [4.78, 5) is 15.2. The Bertz CT molecular complexity index is 770. The third kappa shape index (κ3) is 4.04. The first kappa shape index (κ1) is 19.9. The molecule has 146 valence electrons. The molecule has 2 heterocycles. The van der Waals surface area contributed by atoms with Gasteiger partial charge in [0, 0.05) is 44.2 Å². The van der Waals surface area contributed by atoms with Crippen molar-refractivity contribution < 1.29 is 4.79 Å². The Labute approximate surface area is 167 Å². The Morgan fingerprint density at radius 1 is 1.11 bits per heavy atom. The summed E-state index contributed by atoms with van der Waals surface area (Å²) in [5, 5.41) is 4.66. The van der Waals surface area contributed by atoms with Crippen LogP contribution >= 0.6 is 12.4 Å². The van der Waals surface area contributed by atoms with Crippen molar-refractivity contribution in [1.29, 1.82) is 0 Å². The van der Waals surface area contributed by atoms with E-state index in [0.717, 1.165) is 24.1 Å². The monoisotopic (exact) mass is 388 g/mol. The highest BCUT2D eigenvalue weighted by molar-refractivity contribution is 5.95. The Morgan fingerprint density at radius 3 is 2.52 bits per heavy atom. The molecule has 27 heavy (non-hydrogen) atoms. The fourth-order valence-electron chi connectivity index (χ4n) is 4.57. The third-order valence-corrected chi connectivity index (χ3v) is 5.96. The van der Waals surface area contributed by atoms with Gasteiger partial charge in [0.05, 0.1) is 11.3 Å². The van der Waals surface area contributed by atoms with Crippen LogP contribution in [0.1, 0.15) is 65.6 Å². The zero-order valence-electron chi connectivity index (χ0n) is 15.9. The fraction of sp³-hybridized carbons (Fsp3) is 0.524. The highest BCUT2D eigenvalue weighted by atomic mass is 35.5. The lowest BCUT2D eigenvalue weighted by Gasteiger charge is -2.22. The van der Waals surface area contributed by atoms with Gasteiger partial charge in [-0.2, -0.15) is 5.10 Å². The summed E-state index contributed by atoms with van der Waals surface area (Å²) in [6.45, 7) is 1.29. The molecule has 1 saturated heterocycles. The molecule has 1 aromatic heterocycles. The van der Waals surface area contributed by atoms with E-state index in [9.17, 15) is 4.79 Å². The number of hydrogen-bond acceptors (Lipinski definition) is 3. The topological polar surface area (TPSA) is 64.2 Å². The fourth-order valence-corrected chi connectivity index (χ4v) is 4.57. The predicted molar refractivity (Wildman–Crippen MR) is 109 cm³/mol. The van der Waals surface area contributed by atoms with Gasteiger partial charge < -0.3 is 10.6 Å². The lowest BCUT2D eigenvalue weighted by Crippen LogP contribution is -2.32. The summed E-state index contributed by atoms with van der Waals surface area (Å²) in [5.74, 6) is 0.715. The molecule has 5 nitrogen and oxygen atoms in total. The molecule has 0 bridgehead atoms. The molecule has 0 unspecified atom stereocenters. The number of rotatable bonds is 3. The van der Waals surface area contributed by atoms with E-state index in [-0.39, 0.29) is 30.3 Å². The normalized spacial score (nSPS) is 23.3. The van der Waals surface area contributed by atoms with Crippen LogP contribution in [-0.4, -0.2) is 39.7 Å². The zero-order valence-corrected chi connectivity index (χ0v) is 16.7. The van der Waals surface area contributed by atoms with Gasteiger partial charge in [-0.05, 0) is 18.4 Å². The number of amides is 1. The molecule has 2 aliphatic rings. The SMILES string of the molecule is Cl.Cn1cc(C(=O)N2C[C@@H](N)[C@H](c3ccccc3)C2)c(C2CCCCC2)n1. The highest BCUT2D eigenvalue weighted by Gasteiger charge is 2.36. The van der Waals surface area contributed by atoms with Crippen molar-refractivity contribution in [3.63, 3.8) is 0 Å². The average molecular weight is 389 g/mol. The van der Waals surface area contributed by atoms with Gasteiger partial charge in [-0.25, -0.2) is 0 Å². The maximum Gasteiger partial charge on any atom is 0.257 e. The number of hydrogen-bond donors (Lipinski definition) is 1. The van der Waals surface area contributed by atoms with E-state index in [1.165, 1.54) is 24.8 Å². The molecule has 2 N–H and O–H groups in total. The molecule has 2 aromatic rings. The Morgan fingerprint density at radius 2 is 1.81 bits per heavy atom. The molecule has 4 rings (SSSR count). The first-order valence-corrected chi connectivity index (χ1v) is 9.77. The van der Waals surface area contributed by atoms with Gasteiger partial charge >= 0.3 is 0 Å². The van der Waals surface area contributed by atoms with Crippen LogP contribution in [0.3, 0.4) is 0 Å². The number of nitrogens with zero attached hydrogens (tertiary/aromatic N) is 3. The van der Waals surface area contributed by atoms with Crippen molar-refractivity contribution >= 4 is 18.3 Å². The van der Waals surface area contributed by atoms with Gasteiger partial charge in [0.2, 0.25) is 0 Å². The summed E-state index contributed by atoms with van der Waals surface area (Å²) in [7, 11) is 1.91. The van der Waals surface area contributed by atoms with Gasteiger partial charge in [0.1, 0.15) is 0 Å². The number of likely N-dealkylation sites (tertiary alicyclic amines) is 1. The summed E-state index contributed by atoms with van der Waals surface area (Å²) in [6, 6.07) is 10.3. The largest absolute Gasteiger partial charge is 0.336 e. The van der Waals surface area contributed by atoms with Crippen molar-refractivity contribution in [2.75, 3.05) is 13.1 Å². The van der Waals surface area contributed by atoms with E-state index >= 15 is 0 Å². The van der Waals surface area contributed by atoms with Crippen LogP contribution in [0.5, 0.6) is 0 Å². The standard InChI is InChI=1S/C21H28N4O.ClH/c1-24-12-18(20(23-24)16-10-6-3-7-11-16)21(26)25-13-17(19(22)14-25)15-8-4-2-5-9-15;/h2,4-5,8-9,12,16-17,19H,3,6-7,10-11,13-14,22H2,1H3;1H/t17-,19+;/m0./s1. The maximum absolute atomic E-state index is 13.3. The Kier molecular flexibility index (Phi) is 6.22. The average Bonchev–Trinajstić information content (AvgIpc) is 3.25. The second kappa shape index (κ2) is 8.44. The van der Waals surface area contributed by atoms with Crippen LogP contribution in [-0.2, 0) is 7.05 Å². The van der Waals surface area contributed by atoms with Crippen LogP contribution in [0.2, 0.25) is 0 Å². The molecule has 1 aliphatic carbocycles. The zero-order chi connectivity index (χ0) is 18.1. The number of nitrogens with two attached hydrogens (primary N) is 1. The van der Waals surface area contributed by atoms with E-state index in [0.29, 0.717) is 19.0 Å². The first-order chi connectivity index (χ1) is 12.6. The summed E-state index contributed by atoms with van der Waals surface area (Å²) in [5.41, 5.74) is 9.38. The van der Waals surface area contributed by atoms with Crippen LogP contribution < -0.4 is 5.73 Å². The van der Waals surface area contributed by atoms with Gasteiger partial charge in [0.25, 0.3) is 5.91 Å². The smallest absolute Gasteiger partial charge is 0.257 e. The first-order valence-electron chi connectivity index (χ1n) is 9.77. The number of aromatic nitrogens is 2. The van der Waals surface area contributed by atoms with E-state index in [4.69, 9.17) is 5.73 Å². The van der Waals surface area contributed by atoms with Crippen molar-refractivity contribution in [2.24, 2.45) is 12.8 Å². The minimum absolute atomic E-state index is 0. The molecular formula is C21H29ClN4O. The molecule has 1 aromatic carbocycles. The molecule has 0 spiro atoms. The minimum Gasteiger partial charge on any atom is -0.336 e. The Hall–Kier alpha value is -1.85. The third-order valence-electron chi connectivity index (χ3n) is 5.96. The molecule has 2 atom stereocenters. The van der Waals surface area contributed by atoms with Gasteiger partial charge in [-0.1, -0.05) is 49.6 Å². The van der Waals surface area contributed by atoms with Crippen LogP contribution in [0.25, 0.3) is 0 Å².